The third kappa shape index (κ3) is 1.50. The molecule has 68 valence electrons. The summed E-state index contributed by atoms with van der Waals surface area (Å²) in [5, 5.41) is 3.21. The van der Waals surface area contributed by atoms with Crippen LogP contribution in [0.4, 0.5) is 0 Å². The Morgan fingerprint density at radius 1 is 1.75 bits per heavy atom. The zero-order chi connectivity index (χ0) is 9.14. The Kier molecular flexibility index (Phi) is 2.87. The summed E-state index contributed by atoms with van der Waals surface area (Å²) in [5.41, 5.74) is 0. The van der Waals surface area contributed by atoms with Gasteiger partial charge in [0.15, 0.2) is 0 Å². The Hall–Kier alpha value is -0.830. The monoisotopic (exact) mass is 169 g/mol. The van der Waals surface area contributed by atoms with Crippen molar-refractivity contribution in [3.8, 4) is 0 Å². The van der Waals surface area contributed by atoms with E-state index in [1.54, 1.807) is 0 Å². The predicted octanol–water partition coefficient (Wildman–Crippen LogP) is 0.569. The van der Waals surface area contributed by atoms with Crippen molar-refractivity contribution in [2.75, 3.05) is 13.7 Å². The normalized spacial score (nSPS) is 34.7. The van der Waals surface area contributed by atoms with Crippen molar-refractivity contribution in [2.45, 2.75) is 13.0 Å². The molecule has 0 aliphatic carbocycles. The van der Waals surface area contributed by atoms with Crippen LogP contribution < -0.4 is 5.32 Å². The molecular weight excluding hydrogens is 154 g/mol. The predicted molar refractivity (Wildman–Crippen MR) is 46.7 cm³/mol. The van der Waals surface area contributed by atoms with Crippen LogP contribution in [-0.4, -0.2) is 25.7 Å². The Morgan fingerprint density at radius 2 is 2.42 bits per heavy atom. The summed E-state index contributed by atoms with van der Waals surface area (Å²) in [6, 6.07) is 0.195. The number of ether oxygens (including phenoxy) is 1. The molecule has 0 aromatic heterocycles. The number of nitrogens with one attached hydrogen (secondary N) is 1. The van der Waals surface area contributed by atoms with Crippen LogP contribution in [0.3, 0.4) is 0 Å². The number of methoxy groups -OCH3 is 1. The molecule has 0 aromatic carbocycles. The third-order valence-corrected chi connectivity index (χ3v) is 2.45. The van der Waals surface area contributed by atoms with Crippen molar-refractivity contribution in [1.29, 1.82) is 0 Å². The average molecular weight is 169 g/mol. The highest BCUT2D eigenvalue weighted by Gasteiger charge is 2.37. The molecule has 12 heavy (non-hydrogen) atoms. The highest BCUT2D eigenvalue weighted by Crippen LogP contribution is 2.24. The summed E-state index contributed by atoms with van der Waals surface area (Å²) < 4.78 is 4.71. The fourth-order valence-electron chi connectivity index (χ4n) is 1.69. The van der Waals surface area contributed by atoms with Gasteiger partial charge in [0.25, 0.3) is 0 Å². The van der Waals surface area contributed by atoms with E-state index >= 15 is 0 Å². The molecule has 1 saturated heterocycles. The molecule has 1 fully saturated rings. The highest BCUT2D eigenvalue weighted by atomic mass is 16.5. The van der Waals surface area contributed by atoms with E-state index < -0.39 is 0 Å². The molecule has 3 nitrogen and oxygen atoms in total. The van der Waals surface area contributed by atoms with E-state index in [0.717, 1.165) is 6.54 Å². The van der Waals surface area contributed by atoms with Crippen LogP contribution in [0.5, 0.6) is 0 Å². The number of carbonyl (C=O) groups is 1. The van der Waals surface area contributed by atoms with Gasteiger partial charge in [-0.1, -0.05) is 6.08 Å². The standard InChI is InChI=1S/C9H15NO2/c1-4-7-5-10-6(2)8(7)9(11)12-3/h4,6-8,10H,1,5H2,2-3H3. The number of esters is 1. The SMILES string of the molecule is C=CC1CNC(C)C1C(=O)OC. The molecule has 0 spiro atoms. The minimum absolute atomic E-state index is 0.0625. The van der Waals surface area contributed by atoms with E-state index in [1.807, 2.05) is 13.0 Å². The molecule has 3 atom stereocenters. The van der Waals surface area contributed by atoms with Crippen molar-refractivity contribution >= 4 is 5.97 Å². The minimum atomic E-state index is -0.141. The van der Waals surface area contributed by atoms with Gasteiger partial charge in [0.2, 0.25) is 0 Å². The van der Waals surface area contributed by atoms with E-state index in [2.05, 4.69) is 11.9 Å². The lowest BCUT2D eigenvalue weighted by molar-refractivity contribution is -0.146. The van der Waals surface area contributed by atoms with Gasteiger partial charge in [0.05, 0.1) is 13.0 Å². The van der Waals surface area contributed by atoms with E-state index in [0.29, 0.717) is 0 Å². The van der Waals surface area contributed by atoms with Gasteiger partial charge < -0.3 is 10.1 Å². The van der Waals surface area contributed by atoms with E-state index in [-0.39, 0.29) is 23.8 Å². The molecule has 1 aliphatic heterocycles. The molecular formula is C9H15NO2. The first-order chi connectivity index (χ1) is 5.70. The number of carbonyl (C=O) groups excluding carboxylic acids is 1. The number of hydrogen-bond donors (Lipinski definition) is 1. The molecule has 0 saturated carbocycles. The largest absolute Gasteiger partial charge is 0.469 e. The van der Waals surface area contributed by atoms with Crippen molar-refractivity contribution < 1.29 is 9.53 Å². The smallest absolute Gasteiger partial charge is 0.310 e. The second-order valence-corrected chi connectivity index (χ2v) is 3.15. The molecule has 0 bridgehead atoms. The second-order valence-electron chi connectivity index (χ2n) is 3.15. The van der Waals surface area contributed by atoms with Crippen molar-refractivity contribution in [2.24, 2.45) is 11.8 Å². The quantitative estimate of drug-likeness (QED) is 0.485. The van der Waals surface area contributed by atoms with Crippen molar-refractivity contribution in [1.82, 2.24) is 5.32 Å². The Bertz CT molecular complexity index is 191. The van der Waals surface area contributed by atoms with Crippen LogP contribution in [0.1, 0.15) is 6.92 Å². The average Bonchev–Trinajstić information content (AvgIpc) is 2.45. The molecule has 3 unspecified atom stereocenters. The van der Waals surface area contributed by atoms with Gasteiger partial charge in [-0.15, -0.1) is 6.58 Å². The van der Waals surface area contributed by atoms with E-state index in [9.17, 15) is 4.79 Å². The summed E-state index contributed by atoms with van der Waals surface area (Å²) in [4.78, 5) is 11.3. The first kappa shape index (κ1) is 9.26. The maximum absolute atomic E-state index is 11.3. The van der Waals surface area contributed by atoms with Crippen LogP contribution in [0.15, 0.2) is 12.7 Å². The van der Waals surface area contributed by atoms with Gasteiger partial charge in [-0.25, -0.2) is 0 Å². The molecule has 1 heterocycles. The topological polar surface area (TPSA) is 38.3 Å². The maximum Gasteiger partial charge on any atom is 0.310 e. The van der Waals surface area contributed by atoms with Crippen LogP contribution in [0, 0.1) is 11.8 Å². The van der Waals surface area contributed by atoms with Crippen molar-refractivity contribution in [3.05, 3.63) is 12.7 Å². The first-order valence-corrected chi connectivity index (χ1v) is 4.14. The fourth-order valence-corrected chi connectivity index (χ4v) is 1.69. The molecule has 0 aromatic rings. The lowest BCUT2D eigenvalue weighted by atomic mass is 9.92. The Morgan fingerprint density at radius 3 is 2.92 bits per heavy atom. The summed E-state index contributed by atoms with van der Waals surface area (Å²) >= 11 is 0. The maximum atomic E-state index is 11.3. The molecule has 0 radical (unpaired) electrons. The minimum Gasteiger partial charge on any atom is -0.469 e. The molecule has 1 N–H and O–H groups in total. The number of hydrogen-bond acceptors (Lipinski definition) is 3. The van der Waals surface area contributed by atoms with Gasteiger partial charge >= 0.3 is 5.97 Å². The number of rotatable bonds is 2. The van der Waals surface area contributed by atoms with E-state index in [1.165, 1.54) is 7.11 Å². The van der Waals surface area contributed by atoms with Crippen LogP contribution in [0.25, 0.3) is 0 Å². The van der Waals surface area contributed by atoms with Gasteiger partial charge in [0, 0.05) is 18.5 Å². The molecule has 1 aliphatic rings. The Balaban J connectivity index is 2.69. The van der Waals surface area contributed by atoms with Crippen LogP contribution >= 0.6 is 0 Å². The fraction of sp³-hybridized carbons (Fsp3) is 0.667. The third-order valence-electron chi connectivity index (χ3n) is 2.45. The summed E-state index contributed by atoms with van der Waals surface area (Å²) in [6.07, 6.45) is 1.82. The lowest BCUT2D eigenvalue weighted by Crippen LogP contribution is -2.30. The molecule has 3 heteroatoms. The zero-order valence-corrected chi connectivity index (χ0v) is 7.54. The molecule has 0 amide bonds. The van der Waals surface area contributed by atoms with Crippen molar-refractivity contribution in [3.63, 3.8) is 0 Å². The zero-order valence-electron chi connectivity index (χ0n) is 7.54. The molecule has 1 rings (SSSR count). The van der Waals surface area contributed by atoms with Gasteiger partial charge in [-0.2, -0.15) is 0 Å². The van der Waals surface area contributed by atoms with Gasteiger partial charge in [-0.3, -0.25) is 4.79 Å². The second kappa shape index (κ2) is 3.72. The van der Waals surface area contributed by atoms with Crippen LogP contribution in [0.2, 0.25) is 0 Å². The summed E-state index contributed by atoms with van der Waals surface area (Å²) in [5.74, 6) is 0.0114. The van der Waals surface area contributed by atoms with Crippen LogP contribution in [-0.2, 0) is 9.53 Å². The summed E-state index contributed by atoms with van der Waals surface area (Å²) in [7, 11) is 1.42. The first-order valence-electron chi connectivity index (χ1n) is 4.14. The summed E-state index contributed by atoms with van der Waals surface area (Å²) in [6.45, 7) is 6.51. The Labute approximate surface area is 72.8 Å². The van der Waals surface area contributed by atoms with Gasteiger partial charge in [-0.05, 0) is 6.92 Å². The van der Waals surface area contributed by atoms with Gasteiger partial charge in [0.1, 0.15) is 0 Å². The van der Waals surface area contributed by atoms with E-state index in [4.69, 9.17) is 4.74 Å². The highest BCUT2D eigenvalue weighted by molar-refractivity contribution is 5.74. The lowest BCUT2D eigenvalue weighted by Gasteiger charge is -2.15.